The van der Waals surface area contributed by atoms with Crippen LogP contribution in [0.15, 0.2) is 41.5 Å². The number of carbonyl (C=O) groups is 1. The summed E-state index contributed by atoms with van der Waals surface area (Å²) in [6, 6.07) is 6.51. The van der Waals surface area contributed by atoms with E-state index in [0.29, 0.717) is 64.4 Å². The zero-order chi connectivity index (χ0) is 31.6. The number of alkyl halides is 6. The van der Waals surface area contributed by atoms with Crippen molar-refractivity contribution in [3.63, 3.8) is 0 Å². The smallest absolute Gasteiger partial charge is 0.377 e. The number of rotatable bonds is 7. The zero-order valence-corrected chi connectivity index (χ0v) is 27.3. The van der Waals surface area contributed by atoms with E-state index in [4.69, 9.17) is 4.74 Å². The molecule has 0 unspecified atom stereocenters. The number of piperazine rings is 1. The molecular formula is C31H40Cl2F6N4O2. The molecule has 45 heavy (non-hydrogen) atoms. The normalized spacial score (nSPS) is 19.3. The number of halogens is 8. The third-order valence-corrected chi connectivity index (χ3v) is 8.10. The number of hydrogen-bond acceptors (Lipinski definition) is 5. The molecule has 2 heterocycles. The molecule has 0 aromatic heterocycles. The Morgan fingerprint density at radius 1 is 0.956 bits per heavy atom. The Bertz CT molecular complexity index is 1300. The number of aryl methyl sites for hydroxylation is 2. The van der Waals surface area contributed by atoms with Gasteiger partial charge in [-0.2, -0.15) is 31.4 Å². The monoisotopic (exact) mass is 684 g/mol. The van der Waals surface area contributed by atoms with E-state index < -0.39 is 41.0 Å². The lowest BCUT2D eigenvalue weighted by Gasteiger charge is -2.42. The molecule has 2 aliphatic rings. The number of hydrazone groups is 1. The number of ether oxygens (including phenoxy) is 1. The average Bonchev–Trinajstić information content (AvgIpc) is 2.92. The van der Waals surface area contributed by atoms with Crippen molar-refractivity contribution < 1.29 is 35.9 Å². The molecule has 0 saturated carbocycles. The summed E-state index contributed by atoms with van der Waals surface area (Å²) in [7, 11) is 0. The molecule has 0 radical (unpaired) electrons. The van der Waals surface area contributed by atoms with Gasteiger partial charge in [0.15, 0.2) is 0 Å². The van der Waals surface area contributed by atoms with E-state index in [1.807, 2.05) is 43.3 Å². The van der Waals surface area contributed by atoms with E-state index in [-0.39, 0.29) is 43.0 Å². The van der Waals surface area contributed by atoms with Crippen molar-refractivity contribution >= 4 is 36.9 Å². The lowest BCUT2D eigenvalue weighted by atomic mass is 9.97. The van der Waals surface area contributed by atoms with Gasteiger partial charge in [-0.3, -0.25) is 14.7 Å². The van der Waals surface area contributed by atoms with Crippen molar-refractivity contribution in [1.29, 1.82) is 0 Å². The Hall–Kier alpha value is -2.54. The van der Waals surface area contributed by atoms with Crippen LogP contribution in [0.1, 0.15) is 58.4 Å². The van der Waals surface area contributed by atoms with E-state index in [1.165, 1.54) is 4.90 Å². The number of morpholine rings is 1. The minimum absolute atomic E-state index is 0. The number of nitrogens with zero attached hydrogens (tertiary/aromatic N) is 4. The second-order valence-corrected chi connectivity index (χ2v) is 11.9. The third kappa shape index (κ3) is 9.97. The molecule has 6 nitrogen and oxygen atoms in total. The maximum atomic E-state index is 13.6. The van der Waals surface area contributed by atoms with Crippen molar-refractivity contribution in [1.82, 2.24) is 14.8 Å². The quantitative estimate of drug-likeness (QED) is 0.232. The highest BCUT2D eigenvalue weighted by Gasteiger charge is 2.39. The first-order valence-electron chi connectivity index (χ1n) is 14.3. The van der Waals surface area contributed by atoms with Crippen LogP contribution >= 0.6 is 24.8 Å². The second kappa shape index (κ2) is 15.4. The van der Waals surface area contributed by atoms with Crippen LogP contribution in [0.4, 0.5) is 26.3 Å². The first kappa shape index (κ1) is 38.6. The van der Waals surface area contributed by atoms with Crippen LogP contribution in [0.2, 0.25) is 0 Å². The number of amides is 1. The zero-order valence-electron chi connectivity index (χ0n) is 25.7. The molecule has 2 saturated heterocycles. The van der Waals surface area contributed by atoms with Crippen LogP contribution in [0, 0.1) is 13.8 Å². The summed E-state index contributed by atoms with van der Waals surface area (Å²) in [6.45, 7) is 11.6. The summed E-state index contributed by atoms with van der Waals surface area (Å²) in [5.41, 5.74) is -0.764. The van der Waals surface area contributed by atoms with Crippen LogP contribution in [0.5, 0.6) is 0 Å². The van der Waals surface area contributed by atoms with Gasteiger partial charge in [-0.25, -0.2) is 0 Å². The summed E-state index contributed by atoms with van der Waals surface area (Å²) in [5.74, 6) is -0.846. The molecule has 4 rings (SSSR count). The Balaban J connectivity index is 0.00000353. The van der Waals surface area contributed by atoms with Crippen LogP contribution < -0.4 is 0 Å². The summed E-state index contributed by atoms with van der Waals surface area (Å²) in [5, 5.41) is 6.62. The van der Waals surface area contributed by atoms with E-state index in [1.54, 1.807) is 0 Å². The first-order valence-corrected chi connectivity index (χ1v) is 14.3. The lowest BCUT2D eigenvalue weighted by Crippen LogP contribution is -2.56. The maximum absolute atomic E-state index is 13.6. The molecule has 2 aliphatic heterocycles. The van der Waals surface area contributed by atoms with Gasteiger partial charge in [0.05, 0.1) is 36.4 Å². The SMILES string of the molecule is Cc1ccc(C[C@@H]2CN(CC/C=N/N3CCOCC3(C)C)CCN2C(=O)c2cc(C(F)(F)F)cc(C(F)(F)F)c2)cc1C.Cl.Cl. The fourth-order valence-electron chi connectivity index (χ4n) is 5.47. The second-order valence-electron chi connectivity index (χ2n) is 11.9. The Morgan fingerprint density at radius 2 is 1.60 bits per heavy atom. The maximum Gasteiger partial charge on any atom is 0.416 e. The van der Waals surface area contributed by atoms with Gasteiger partial charge < -0.3 is 9.64 Å². The molecule has 2 aromatic rings. The van der Waals surface area contributed by atoms with E-state index >= 15 is 0 Å². The molecule has 0 aliphatic carbocycles. The molecular weight excluding hydrogens is 645 g/mol. The van der Waals surface area contributed by atoms with Crippen LogP contribution in [0.3, 0.4) is 0 Å². The standard InChI is InChI=1S/C31H38F6N4O2.2ClH/c1-21-6-7-23(14-22(21)2)15-27-19-39(9-5-8-38-41-12-13-43-20-29(41,3)4)10-11-40(27)28(42)24-16-25(30(32,33)34)18-26(17-24)31(35,36)37;;/h6-8,14,16-18,27H,5,9-13,15,19-20H2,1-4H3;2*1H/b38-8+;;/t27-;;/m1../s1. The van der Waals surface area contributed by atoms with Gasteiger partial charge in [0.1, 0.15) is 0 Å². The molecule has 2 fully saturated rings. The topological polar surface area (TPSA) is 48.4 Å². The highest BCUT2D eigenvalue weighted by molar-refractivity contribution is 5.95. The molecule has 0 spiro atoms. The Labute approximate surface area is 272 Å². The predicted molar refractivity (Wildman–Crippen MR) is 167 cm³/mol. The largest absolute Gasteiger partial charge is 0.416 e. The fourth-order valence-corrected chi connectivity index (χ4v) is 5.47. The molecule has 1 amide bonds. The molecule has 0 N–H and O–H groups in total. The Morgan fingerprint density at radius 3 is 2.18 bits per heavy atom. The summed E-state index contributed by atoms with van der Waals surface area (Å²) in [6.07, 6.45) is -7.17. The Kier molecular flexibility index (Phi) is 13.2. The van der Waals surface area contributed by atoms with Gasteiger partial charge >= 0.3 is 12.4 Å². The van der Waals surface area contributed by atoms with Crippen LogP contribution in [-0.2, 0) is 23.5 Å². The summed E-state index contributed by atoms with van der Waals surface area (Å²) >= 11 is 0. The highest BCUT2D eigenvalue weighted by Crippen LogP contribution is 2.37. The lowest BCUT2D eigenvalue weighted by molar-refractivity contribution is -0.143. The predicted octanol–water partition coefficient (Wildman–Crippen LogP) is 7.04. The van der Waals surface area contributed by atoms with Gasteiger partial charge in [0.2, 0.25) is 0 Å². The average molecular weight is 686 g/mol. The van der Waals surface area contributed by atoms with Crippen molar-refractivity contribution in [2.75, 3.05) is 45.9 Å². The van der Waals surface area contributed by atoms with Gasteiger partial charge in [-0.1, -0.05) is 18.2 Å². The van der Waals surface area contributed by atoms with E-state index in [9.17, 15) is 31.1 Å². The van der Waals surface area contributed by atoms with Crippen molar-refractivity contribution in [3.05, 3.63) is 69.8 Å². The fraction of sp³-hybridized carbons (Fsp3) is 0.548. The van der Waals surface area contributed by atoms with Crippen molar-refractivity contribution in [2.24, 2.45) is 5.10 Å². The van der Waals surface area contributed by atoms with Gasteiger partial charge in [0, 0.05) is 44.0 Å². The summed E-state index contributed by atoms with van der Waals surface area (Å²) in [4.78, 5) is 17.2. The van der Waals surface area contributed by atoms with Gasteiger partial charge in [-0.05, 0) is 75.4 Å². The first-order chi connectivity index (χ1) is 20.0. The molecule has 14 heteroatoms. The van der Waals surface area contributed by atoms with Crippen LogP contribution in [0.25, 0.3) is 0 Å². The summed E-state index contributed by atoms with van der Waals surface area (Å²) < 4.78 is 86.6. The number of carbonyl (C=O) groups excluding carboxylic acids is 1. The highest BCUT2D eigenvalue weighted by atomic mass is 35.5. The van der Waals surface area contributed by atoms with Crippen molar-refractivity contribution in [3.8, 4) is 0 Å². The van der Waals surface area contributed by atoms with E-state index in [0.717, 1.165) is 16.7 Å². The molecule has 0 bridgehead atoms. The van der Waals surface area contributed by atoms with E-state index in [2.05, 4.69) is 23.8 Å². The molecule has 1 atom stereocenters. The molecule has 2 aromatic carbocycles. The third-order valence-electron chi connectivity index (χ3n) is 8.10. The molecule has 252 valence electrons. The van der Waals surface area contributed by atoms with Gasteiger partial charge in [0.25, 0.3) is 5.91 Å². The number of benzene rings is 2. The van der Waals surface area contributed by atoms with Crippen molar-refractivity contribution in [2.45, 2.75) is 64.5 Å². The minimum atomic E-state index is -5.04. The van der Waals surface area contributed by atoms with Crippen LogP contribution in [-0.4, -0.2) is 84.4 Å². The number of hydrogen-bond donors (Lipinski definition) is 0. The minimum Gasteiger partial charge on any atom is -0.377 e. The van der Waals surface area contributed by atoms with Gasteiger partial charge in [-0.15, -0.1) is 24.8 Å².